The lowest BCUT2D eigenvalue weighted by Gasteiger charge is -2.40. The first-order valence-corrected chi connectivity index (χ1v) is 5.70. The van der Waals surface area contributed by atoms with Crippen molar-refractivity contribution in [3.63, 3.8) is 0 Å². The molecule has 84 valence electrons. The summed E-state index contributed by atoms with van der Waals surface area (Å²) in [6.45, 7) is 8.10. The Kier molecular flexibility index (Phi) is 2.01. The highest BCUT2D eigenvalue weighted by Crippen LogP contribution is 2.59. The van der Waals surface area contributed by atoms with E-state index in [0.29, 0.717) is 6.42 Å². The van der Waals surface area contributed by atoms with Crippen molar-refractivity contribution in [3.05, 3.63) is 0 Å². The summed E-state index contributed by atoms with van der Waals surface area (Å²) in [4.78, 5) is 25.4. The number of carbonyl (C=O) groups excluding carboxylic acids is 2. The van der Waals surface area contributed by atoms with E-state index >= 15 is 0 Å². The van der Waals surface area contributed by atoms with Crippen molar-refractivity contribution in [1.29, 1.82) is 0 Å². The topological polar surface area (TPSA) is 37.4 Å². The molecule has 1 aliphatic carbocycles. The Morgan fingerprint density at radius 3 is 2.40 bits per heavy atom. The number of imide groups is 1. The van der Waals surface area contributed by atoms with E-state index in [1.165, 1.54) is 4.90 Å². The van der Waals surface area contributed by atoms with Crippen molar-refractivity contribution in [3.8, 4) is 0 Å². The van der Waals surface area contributed by atoms with Crippen molar-refractivity contribution >= 4 is 11.8 Å². The Labute approximate surface area is 90.8 Å². The molecule has 1 heterocycles. The maximum absolute atomic E-state index is 12.2. The summed E-state index contributed by atoms with van der Waals surface area (Å²) >= 11 is 0. The van der Waals surface area contributed by atoms with Crippen LogP contribution in [0.4, 0.5) is 0 Å². The van der Waals surface area contributed by atoms with Gasteiger partial charge in [-0.15, -0.1) is 0 Å². The quantitative estimate of drug-likeness (QED) is 0.662. The molecule has 3 heteroatoms. The van der Waals surface area contributed by atoms with E-state index in [2.05, 4.69) is 13.8 Å². The summed E-state index contributed by atoms with van der Waals surface area (Å²) in [6, 6.07) is 0.157. The SMILES string of the molecule is CCC(=O)N1C(=O)[C@]2(C)C[C@H]1CC2(C)C. The predicted molar refractivity (Wildman–Crippen MR) is 57.1 cm³/mol. The van der Waals surface area contributed by atoms with Crippen molar-refractivity contribution in [2.75, 3.05) is 0 Å². The third-order valence-corrected chi connectivity index (χ3v) is 4.51. The van der Waals surface area contributed by atoms with Gasteiger partial charge in [-0.1, -0.05) is 27.7 Å². The second-order valence-corrected chi connectivity index (χ2v) is 5.70. The fourth-order valence-electron chi connectivity index (χ4n) is 3.11. The average Bonchev–Trinajstić information content (AvgIpc) is 2.51. The largest absolute Gasteiger partial charge is 0.279 e. The maximum Gasteiger partial charge on any atom is 0.235 e. The van der Waals surface area contributed by atoms with E-state index in [-0.39, 0.29) is 28.7 Å². The summed E-state index contributed by atoms with van der Waals surface area (Å²) in [7, 11) is 0. The summed E-state index contributed by atoms with van der Waals surface area (Å²) in [6.07, 6.45) is 2.24. The van der Waals surface area contributed by atoms with Crippen LogP contribution in [0.5, 0.6) is 0 Å². The van der Waals surface area contributed by atoms with Gasteiger partial charge in [-0.2, -0.15) is 0 Å². The van der Waals surface area contributed by atoms with Crippen LogP contribution in [0.15, 0.2) is 0 Å². The minimum atomic E-state index is -0.317. The number of rotatable bonds is 1. The molecule has 2 bridgehead atoms. The third kappa shape index (κ3) is 1.12. The minimum absolute atomic E-state index is 0.00998. The Balaban J connectivity index is 2.34. The number of nitrogens with zero attached hydrogens (tertiary/aromatic N) is 1. The van der Waals surface area contributed by atoms with Gasteiger partial charge >= 0.3 is 0 Å². The van der Waals surface area contributed by atoms with E-state index in [0.717, 1.165) is 12.8 Å². The van der Waals surface area contributed by atoms with Crippen molar-refractivity contribution in [2.45, 2.75) is 53.0 Å². The monoisotopic (exact) mass is 209 g/mol. The first kappa shape index (κ1) is 10.7. The zero-order valence-corrected chi connectivity index (χ0v) is 9.96. The molecule has 0 aromatic carbocycles. The summed E-state index contributed by atoms with van der Waals surface area (Å²) in [5.74, 6) is 0.0415. The van der Waals surface area contributed by atoms with Crippen LogP contribution in [0.1, 0.15) is 47.0 Å². The highest BCUT2D eigenvalue weighted by atomic mass is 16.2. The smallest absolute Gasteiger partial charge is 0.235 e. The van der Waals surface area contributed by atoms with Gasteiger partial charge in [0, 0.05) is 12.5 Å². The first-order valence-electron chi connectivity index (χ1n) is 5.70. The summed E-state index contributed by atoms with van der Waals surface area (Å²) in [5.41, 5.74) is -0.276. The van der Waals surface area contributed by atoms with Crippen LogP contribution in [0, 0.1) is 10.8 Å². The fourth-order valence-corrected chi connectivity index (χ4v) is 3.11. The Hall–Kier alpha value is -0.860. The van der Waals surface area contributed by atoms with E-state index in [1.54, 1.807) is 0 Å². The van der Waals surface area contributed by atoms with Crippen LogP contribution in [0.3, 0.4) is 0 Å². The van der Waals surface area contributed by atoms with Gasteiger partial charge in [-0.05, 0) is 18.3 Å². The van der Waals surface area contributed by atoms with E-state index in [9.17, 15) is 9.59 Å². The van der Waals surface area contributed by atoms with Gasteiger partial charge in [0.25, 0.3) is 0 Å². The number of hydrogen-bond acceptors (Lipinski definition) is 2. The zero-order valence-electron chi connectivity index (χ0n) is 9.96. The van der Waals surface area contributed by atoms with E-state index in [4.69, 9.17) is 0 Å². The Morgan fingerprint density at radius 1 is 1.40 bits per heavy atom. The van der Waals surface area contributed by atoms with Gasteiger partial charge in [0.2, 0.25) is 11.8 Å². The normalized spacial score (nSPS) is 37.5. The number of likely N-dealkylation sites (tertiary alicyclic amines) is 1. The molecule has 0 N–H and O–H groups in total. The lowest BCUT2D eigenvalue weighted by molar-refractivity contribution is -0.154. The second kappa shape index (κ2) is 2.83. The Morgan fingerprint density at radius 2 is 2.00 bits per heavy atom. The van der Waals surface area contributed by atoms with Crippen LogP contribution in [-0.4, -0.2) is 22.8 Å². The van der Waals surface area contributed by atoms with E-state index < -0.39 is 0 Å². The van der Waals surface area contributed by atoms with Gasteiger partial charge in [0.05, 0.1) is 5.41 Å². The van der Waals surface area contributed by atoms with Crippen molar-refractivity contribution < 1.29 is 9.59 Å². The number of carbonyl (C=O) groups is 2. The molecule has 2 atom stereocenters. The molecule has 1 aliphatic heterocycles. The van der Waals surface area contributed by atoms with Crippen LogP contribution < -0.4 is 0 Å². The lowest BCUT2D eigenvalue weighted by atomic mass is 9.68. The standard InChI is InChI=1S/C12H19NO2/c1-5-9(14)13-8-6-11(2,3)12(4,7-8)10(13)15/h8H,5-7H2,1-4H3/t8-,12+/m1/s1. The molecule has 2 amide bonds. The highest BCUT2D eigenvalue weighted by molar-refractivity contribution is 6.01. The molecule has 1 saturated carbocycles. The number of piperidine rings is 1. The molecule has 0 aromatic heterocycles. The summed E-state index contributed by atoms with van der Waals surface area (Å²) < 4.78 is 0. The lowest BCUT2D eigenvalue weighted by Crippen LogP contribution is -2.50. The molecular weight excluding hydrogens is 190 g/mol. The summed E-state index contributed by atoms with van der Waals surface area (Å²) in [5, 5.41) is 0. The predicted octanol–water partition coefficient (Wildman–Crippen LogP) is 1.96. The molecule has 2 aliphatic rings. The number of fused-ring (bicyclic) bond motifs is 2. The number of hydrogen-bond donors (Lipinski definition) is 0. The Bertz CT molecular complexity index is 335. The van der Waals surface area contributed by atoms with E-state index in [1.807, 2.05) is 13.8 Å². The first-order chi connectivity index (χ1) is 6.83. The minimum Gasteiger partial charge on any atom is -0.279 e. The van der Waals surface area contributed by atoms with Gasteiger partial charge in [0.15, 0.2) is 0 Å². The van der Waals surface area contributed by atoms with Crippen molar-refractivity contribution in [1.82, 2.24) is 4.90 Å². The highest BCUT2D eigenvalue weighted by Gasteiger charge is 2.64. The molecular formula is C12H19NO2. The van der Waals surface area contributed by atoms with Gasteiger partial charge in [-0.25, -0.2) is 0 Å². The molecule has 1 saturated heterocycles. The molecule has 0 spiro atoms. The van der Waals surface area contributed by atoms with Gasteiger partial charge in [0.1, 0.15) is 0 Å². The average molecular weight is 209 g/mol. The molecule has 0 radical (unpaired) electrons. The third-order valence-electron chi connectivity index (χ3n) is 4.51. The molecule has 3 nitrogen and oxygen atoms in total. The molecule has 0 aromatic rings. The van der Waals surface area contributed by atoms with Crippen molar-refractivity contribution in [2.24, 2.45) is 10.8 Å². The van der Waals surface area contributed by atoms with Crippen LogP contribution in [-0.2, 0) is 9.59 Å². The molecule has 2 fully saturated rings. The molecule has 0 unspecified atom stereocenters. The van der Waals surface area contributed by atoms with Crippen LogP contribution in [0.25, 0.3) is 0 Å². The number of amides is 2. The fraction of sp³-hybridized carbons (Fsp3) is 0.833. The molecule has 15 heavy (non-hydrogen) atoms. The van der Waals surface area contributed by atoms with Gasteiger partial charge in [-0.3, -0.25) is 14.5 Å². The van der Waals surface area contributed by atoms with Gasteiger partial charge < -0.3 is 0 Å². The van der Waals surface area contributed by atoms with Crippen LogP contribution in [0.2, 0.25) is 0 Å². The maximum atomic E-state index is 12.2. The second-order valence-electron chi connectivity index (χ2n) is 5.70. The zero-order chi connectivity index (χ0) is 11.4. The van der Waals surface area contributed by atoms with Crippen LogP contribution >= 0.6 is 0 Å². The molecule has 2 rings (SSSR count).